The number of benzene rings is 1. The highest BCUT2D eigenvalue weighted by Gasteiger charge is 2.17. The Morgan fingerprint density at radius 1 is 1.00 bits per heavy atom. The Hall–Kier alpha value is -0.880. The van der Waals surface area contributed by atoms with Crippen LogP contribution in [0.25, 0.3) is 0 Å². The number of rotatable bonds is 9. The van der Waals surface area contributed by atoms with Crippen molar-refractivity contribution in [3.8, 4) is 5.75 Å². The molecule has 2 nitrogen and oxygen atoms in total. The van der Waals surface area contributed by atoms with Gasteiger partial charge in [-0.3, -0.25) is 4.52 Å². The summed E-state index contributed by atoms with van der Waals surface area (Å²) in [6.45, 7) is 2.21. The SMILES string of the molecule is CCCCCCCC[P+](=O)Oc1ccccc1. The topological polar surface area (TPSA) is 26.3 Å². The fraction of sp³-hybridized carbons (Fsp3) is 0.571. The second-order valence-corrected chi connectivity index (χ2v) is 5.52. The average molecular weight is 253 g/mol. The van der Waals surface area contributed by atoms with Gasteiger partial charge in [0.25, 0.3) is 0 Å². The Bertz CT molecular complexity index is 311. The molecule has 3 heteroatoms. The predicted octanol–water partition coefficient (Wildman–Crippen LogP) is 5.17. The highest BCUT2D eigenvalue weighted by molar-refractivity contribution is 7.39. The lowest BCUT2D eigenvalue weighted by Gasteiger charge is -1.96. The van der Waals surface area contributed by atoms with Crippen LogP contribution in [0.4, 0.5) is 0 Å². The average Bonchev–Trinajstić information content (AvgIpc) is 2.35. The zero-order valence-corrected chi connectivity index (χ0v) is 11.5. The van der Waals surface area contributed by atoms with E-state index < -0.39 is 8.03 Å². The molecular weight excluding hydrogens is 231 g/mol. The maximum Gasteiger partial charge on any atom is 0.556 e. The molecule has 1 aromatic carbocycles. The van der Waals surface area contributed by atoms with Crippen molar-refractivity contribution in [3.63, 3.8) is 0 Å². The summed E-state index contributed by atoms with van der Waals surface area (Å²) in [6, 6.07) is 9.39. The molecule has 0 aliphatic rings. The van der Waals surface area contributed by atoms with Crippen LogP contribution in [-0.4, -0.2) is 6.16 Å². The van der Waals surface area contributed by atoms with Gasteiger partial charge in [0.15, 0.2) is 11.9 Å². The van der Waals surface area contributed by atoms with Gasteiger partial charge in [0, 0.05) is 0 Å². The maximum absolute atomic E-state index is 11.6. The molecule has 0 saturated heterocycles. The van der Waals surface area contributed by atoms with E-state index in [4.69, 9.17) is 4.52 Å². The minimum atomic E-state index is -1.53. The Kier molecular flexibility index (Phi) is 7.66. The summed E-state index contributed by atoms with van der Waals surface area (Å²) in [5.41, 5.74) is 0. The van der Waals surface area contributed by atoms with Crippen molar-refractivity contribution >= 4 is 8.03 Å². The van der Waals surface area contributed by atoms with Gasteiger partial charge in [-0.1, -0.05) is 50.8 Å². The zero-order valence-electron chi connectivity index (χ0n) is 10.6. The maximum atomic E-state index is 11.6. The molecule has 0 N–H and O–H groups in total. The third kappa shape index (κ3) is 7.12. The molecule has 0 fully saturated rings. The van der Waals surface area contributed by atoms with Gasteiger partial charge in [-0.15, -0.1) is 0 Å². The monoisotopic (exact) mass is 253 g/mol. The number of hydrogen-bond donors (Lipinski definition) is 0. The fourth-order valence-corrected chi connectivity index (χ4v) is 2.60. The van der Waals surface area contributed by atoms with Crippen LogP contribution < -0.4 is 4.52 Å². The Balaban J connectivity index is 2.06. The largest absolute Gasteiger partial charge is 0.556 e. The van der Waals surface area contributed by atoms with Crippen molar-refractivity contribution in [1.82, 2.24) is 0 Å². The molecule has 0 aliphatic carbocycles. The second-order valence-electron chi connectivity index (χ2n) is 4.23. The van der Waals surface area contributed by atoms with Crippen LogP contribution in [0.3, 0.4) is 0 Å². The number of unbranched alkanes of at least 4 members (excludes halogenated alkanes) is 5. The van der Waals surface area contributed by atoms with Crippen molar-refractivity contribution in [3.05, 3.63) is 30.3 Å². The zero-order chi connectivity index (χ0) is 12.3. The quantitative estimate of drug-likeness (QED) is 0.448. The molecule has 0 aliphatic heterocycles. The summed E-state index contributed by atoms with van der Waals surface area (Å²) >= 11 is 0. The molecule has 0 heterocycles. The van der Waals surface area contributed by atoms with Gasteiger partial charge in [0.1, 0.15) is 0 Å². The van der Waals surface area contributed by atoms with E-state index in [0.717, 1.165) is 6.42 Å². The molecule has 17 heavy (non-hydrogen) atoms. The molecule has 0 spiro atoms. The van der Waals surface area contributed by atoms with Crippen LogP contribution in [0.2, 0.25) is 0 Å². The summed E-state index contributed by atoms with van der Waals surface area (Å²) < 4.78 is 17.0. The third-order valence-electron chi connectivity index (χ3n) is 2.64. The van der Waals surface area contributed by atoms with Gasteiger partial charge >= 0.3 is 8.03 Å². The summed E-state index contributed by atoms with van der Waals surface area (Å²) in [5.74, 6) is 0.708. The molecule has 0 amide bonds. The molecule has 0 aromatic heterocycles. The van der Waals surface area contributed by atoms with Crippen molar-refractivity contribution < 1.29 is 9.09 Å². The van der Waals surface area contributed by atoms with Gasteiger partial charge in [0.2, 0.25) is 0 Å². The van der Waals surface area contributed by atoms with Crippen LogP contribution in [0.1, 0.15) is 45.4 Å². The van der Waals surface area contributed by atoms with Crippen LogP contribution in [0.15, 0.2) is 30.3 Å². The summed E-state index contributed by atoms with van der Waals surface area (Å²) in [5, 5.41) is 0. The molecule has 1 unspecified atom stereocenters. The van der Waals surface area contributed by atoms with E-state index in [9.17, 15) is 4.57 Å². The summed E-state index contributed by atoms with van der Waals surface area (Å²) in [6.07, 6.45) is 7.98. The van der Waals surface area contributed by atoms with E-state index in [-0.39, 0.29) is 0 Å². The van der Waals surface area contributed by atoms with Crippen molar-refractivity contribution in [1.29, 1.82) is 0 Å². The normalized spacial score (nSPS) is 11.2. The first kappa shape index (κ1) is 14.2. The highest BCUT2D eigenvalue weighted by Crippen LogP contribution is 2.27. The predicted molar refractivity (Wildman–Crippen MR) is 72.9 cm³/mol. The van der Waals surface area contributed by atoms with Crippen LogP contribution in [0, 0.1) is 0 Å². The molecular formula is C14H22O2P+. The third-order valence-corrected chi connectivity index (χ3v) is 3.74. The summed E-state index contributed by atoms with van der Waals surface area (Å²) in [4.78, 5) is 0. The van der Waals surface area contributed by atoms with E-state index in [1.165, 1.54) is 32.1 Å². The Morgan fingerprint density at radius 2 is 1.65 bits per heavy atom. The first-order valence-corrected chi connectivity index (χ1v) is 7.87. The molecule has 0 saturated carbocycles. The van der Waals surface area contributed by atoms with E-state index in [1.807, 2.05) is 30.3 Å². The van der Waals surface area contributed by atoms with Crippen LogP contribution in [0.5, 0.6) is 5.75 Å². The lowest BCUT2D eigenvalue weighted by molar-refractivity contribution is 0.500. The second kappa shape index (κ2) is 9.18. The lowest BCUT2D eigenvalue weighted by atomic mass is 10.1. The molecule has 94 valence electrons. The van der Waals surface area contributed by atoms with E-state index in [0.29, 0.717) is 11.9 Å². The summed E-state index contributed by atoms with van der Waals surface area (Å²) in [7, 11) is -1.53. The van der Waals surface area contributed by atoms with Gasteiger partial charge in [-0.05, 0) is 29.5 Å². The van der Waals surface area contributed by atoms with E-state index >= 15 is 0 Å². The number of para-hydroxylation sites is 1. The molecule has 1 atom stereocenters. The van der Waals surface area contributed by atoms with Crippen molar-refractivity contribution in [2.75, 3.05) is 6.16 Å². The molecule has 1 rings (SSSR count). The number of hydrogen-bond acceptors (Lipinski definition) is 2. The van der Waals surface area contributed by atoms with Crippen LogP contribution >= 0.6 is 8.03 Å². The standard InChI is InChI=1S/C14H22O2P/c1-2-3-4-5-6-10-13-17(15)16-14-11-8-7-9-12-14/h7-9,11-12H,2-6,10,13H2,1H3/q+1. The van der Waals surface area contributed by atoms with E-state index in [2.05, 4.69) is 6.92 Å². The van der Waals surface area contributed by atoms with Gasteiger partial charge in [-0.2, -0.15) is 0 Å². The Labute approximate surface area is 105 Å². The van der Waals surface area contributed by atoms with Gasteiger partial charge in [-0.25, -0.2) is 0 Å². The van der Waals surface area contributed by atoms with Gasteiger partial charge in [0.05, 0.1) is 0 Å². The minimum Gasteiger partial charge on any atom is -0.254 e. The smallest absolute Gasteiger partial charge is 0.254 e. The van der Waals surface area contributed by atoms with E-state index in [1.54, 1.807) is 0 Å². The van der Waals surface area contributed by atoms with Crippen LogP contribution in [-0.2, 0) is 4.57 Å². The van der Waals surface area contributed by atoms with Crippen molar-refractivity contribution in [2.24, 2.45) is 0 Å². The first-order chi connectivity index (χ1) is 8.33. The fourth-order valence-electron chi connectivity index (χ4n) is 1.67. The van der Waals surface area contributed by atoms with Gasteiger partial charge < -0.3 is 0 Å². The molecule has 0 radical (unpaired) electrons. The molecule has 0 bridgehead atoms. The van der Waals surface area contributed by atoms with Crippen molar-refractivity contribution in [2.45, 2.75) is 45.4 Å². The highest BCUT2D eigenvalue weighted by atomic mass is 31.1. The molecule has 1 aromatic rings. The lowest BCUT2D eigenvalue weighted by Crippen LogP contribution is -1.87. The minimum absolute atomic E-state index is 0.677. The first-order valence-electron chi connectivity index (χ1n) is 6.50. The Morgan fingerprint density at radius 3 is 2.35 bits per heavy atom.